The topological polar surface area (TPSA) is 26.3 Å². The van der Waals surface area contributed by atoms with Crippen molar-refractivity contribution in [1.29, 1.82) is 0 Å². The van der Waals surface area contributed by atoms with Crippen LogP contribution < -0.4 is 4.74 Å². The first-order valence-electron chi connectivity index (χ1n) is 5.03. The summed E-state index contributed by atoms with van der Waals surface area (Å²) in [4.78, 5) is 11.8. The van der Waals surface area contributed by atoms with E-state index < -0.39 is 0 Å². The smallest absolute Gasteiger partial charge is 0.132 e. The summed E-state index contributed by atoms with van der Waals surface area (Å²) in [6, 6.07) is 7.87. The fourth-order valence-corrected chi connectivity index (χ4v) is 2.36. The number of hydrogen-bond donors (Lipinski definition) is 0. The average Bonchev–Trinajstić information content (AvgIpc) is 2.31. The minimum atomic E-state index is 0.139. The van der Waals surface area contributed by atoms with E-state index in [1.54, 1.807) is 18.9 Å². The first-order valence-corrected chi connectivity index (χ1v) is 6.01. The van der Waals surface area contributed by atoms with E-state index in [0.29, 0.717) is 0 Å². The van der Waals surface area contributed by atoms with Gasteiger partial charge in [0.15, 0.2) is 0 Å². The van der Waals surface area contributed by atoms with Crippen LogP contribution in [0.4, 0.5) is 0 Å². The Kier molecular flexibility index (Phi) is 5.26. The number of carbonyl (C=O) groups is 1. The van der Waals surface area contributed by atoms with Crippen molar-refractivity contribution in [2.75, 3.05) is 12.9 Å². The molecule has 1 unspecified atom stereocenters. The molecule has 0 fully saturated rings. The summed E-state index contributed by atoms with van der Waals surface area (Å²) >= 11 is 1.67. The van der Waals surface area contributed by atoms with Crippen LogP contribution in [0.1, 0.15) is 13.3 Å². The van der Waals surface area contributed by atoms with Crippen LogP contribution in [0.3, 0.4) is 0 Å². The zero-order valence-electron chi connectivity index (χ0n) is 9.10. The predicted octanol–water partition coefficient (Wildman–Crippen LogP) is 3.01. The second-order valence-electron chi connectivity index (χ2n) is 3.27. The summed E-state index contributed by atoms with van der Waals surface area (Å²) in [5.41, 5.74) is 0. The number of rotatable bonds is 6. The highest BCUT2D eigenvalue weighted by Gasteiger charge is 2.07. The van der Waals surface area contributed by atoms with Gasteiger partial charge in [-0.3, -0.25) is 0 Å². The van der Waals surface area contributed by atoms with E-state index in [1.165, 1.54) is 0 Å². The van der Waals surface area contributed by atoms with Gasteiger partial charge in [-0.15, -0.1) is 11.8 Å². The third kappa shape index (κ3) is 3.59. The molecule has 82 valence electrons. The Labute approximate surface area is 95.0 Å². The zero-order valence-corrected chi connectivity index (χ0v) is 9.92. The van der Waals surface area contributed by atoms with Crippen LogP contribution in [0.25, 0.3) is 0 Å². The number of benzene rings is 1. The summed E-state index contributed by atoms with van der Waals surface area (Å²) in [7, 11) is 1.66. The lowest BCUT2D eigenvalue weighted by Gasteiger charge is -2.09. The molecule has 0 saturated carbocycles. The molecule has 0 bridgehead atoms. The molecule has 0 N–H and O–H groups in total. The van der Waals surface area contributed by atoms with Crippen molar-refractivity contribution in [2.45, 2.75) is 18.2 Å². The molecule has 0 amide bonds. The largest absolute Gasteiger partial charge is 0.496 e. The normalized spacial score (nSPS) is 12.1. The Morgan fingerprint density at radius 2 is 2.20 bits per heavy atom. The molecule has 15 heavy (non-hydrogen) atoms. The van der Waals surface area contributed by atoms with Gasteiger partial charge in [-0.2, -0.15) is 0 Å². The molecule has 1 atom stereocenters. The van der Waals surface area contributed by atoms with E-state index in [1.807, 2.05) is 31.2 Å². The minimum Gasteiger partial charge on any atom is -0.496 e. The maximum absolute atomic E-state index is 10.7. The fraction of sp³-hybridized carbons (Fsp3) is 0.417. The van der Waals surface area contributed by atoms with Gasteiger partial charge in [-0.1, -0.05) is 19.1 Å². The van der Waals surface area contributed by atoms with Gasteiger partial charge >= 0.3 is 0 Å². The third-order valence-electron chi connectivity index (χ3n) is 2.24. The molecule has 2 nitrogen and oxygen atoms in total. The number of hydrogen-bond acceptors (Lipinski definition) is 3. The molecule has 0 aliphatic rings. The van der Waals surface area contributed by atoms with E-state index in [9.17, 15) is 4.79 Å². The van der Waals surface area contributed by atoms with E-state index in [2.05, 4.69) is 0 Å². The third-order valence-corrected chi connectivity index (χ3v) is 3.48. The molecule has 3 heteroatoms. The zero-order chi connectivity index (χ0) is 11.1. The first-order chi connectivity index (χ1) is 7.31. The Bertz CT molecular complexity index is 312. The van der Waals surface area contributed by atoms with Gasteiger partial charge in [0.05, 0.1) is 7.11 Å². The molecular formula is C12H16O2S. The van der Waals surface area contributed by atoms with Crippen molar-refractivity contribution in [3.63, 3.8) is 0 Å². The van der Waals surface area contributed by atoms with Crippen LogP contribution in [0.2, 0.25) is 0 Å². The summed E-state index contributed by atoms with van der Waals surface area (Å²) < 4.78 is 5.24. The maximum Gasteiger partial charge on any atom is 0.132 e. The van der Waals surface area contributed by atoms with Crippen molar-refractivity contribution < 1.29 is 9.53 Å². The molecule has 0 heterocycles. The Hall–Kier alpha value is -0.960. The van der Waals surface area contributed by atoms with E-state index in [4.69, 9.17) is 4.74 Å². The van der Waals surface area contributed by atoms with Crippen LogP contribution in [0.5, 0.6) is 5.75 Å². The number of para-hydroxylation sites is 1. The molecule has 0 aromatic heterocycles. The Balaban J connectivity index is 2.60. The van der Waals surface area contributed by atoms with Crippen molar-refractivity contribution in [2.24, 2.45) is 5.92 Å². The van der Waals surface area contributed by atoms with Crippen molar-refractivity contribution in [1.82, 2.24) is 0 Å². The molecule has 0 saturated heterocycles. The van der Waals surface area contributed by atoms with Crippen LogP contribution in [0.15, 0.2) is 29.2 Å². The maximum atomic E-state index is 10.7. The number of methoxy groups -OCH3 is 1. The second-order valence-corrected chi connectivity index (χ2v) is 4.33. The van der Waals surface area contributed by atoms with E-state index in [0.717, 1.165) is 29.1 Å². The lowest BCUT2D eigenvalue weighted by molar-refractivity contribution is -0.110. The van der Waals surface area contributed by atoms with Gasteiger partial charge in [0, 0.05) is 16.6 Å². The molecule has 1 rings (SSSR count). The summed E-state index contributed by atoms with van der Waals surface area (Å²) in [5.74, 6) is 1.84. The van der Waals surface area contributed by atoms with E-state index >= 15 is 0 Å². The molecule has 1 aromatic rings. The van der Waals surface area contributed by atoms with Gasteiger partial charge in [0.2, 0.25) is 0 Å². The quantitative estimate of drug-likeness (QED) is 0.549. The lowest BCUT2D eigenvalue weighted by Crippen LogP contribution is -2.03. The van der Waals surface area contributed by atoms with Crippen LogP contribution >= 0.6 is 11.8 Å². The molecule has 0 aliphatic heterocycles. The van der Waals surface area contributed by atoms with Crippen molar-refractivity contribution >= 4 is 18.0 Å². The van der Waals surface area contributed by atoms with Gasteiger partial charge < -0.3 is 9.53 Å². The predicted molar refractivity (Wildman–Crippen MR) is 63.6 cm³/mol. The SMILES string of the molecule is CCC(C=O)CSc1ccccc1OC. The molecule has 0 spiro atoms. The summed E-state index contributed by atoms with van der Waals surface area (Å²) in [5, 5.41) is 0. The second kappa shape index (κ2) is 6.51. The molecule has 0 aliphatic carbocycles. The van der Waals surface area contributed by atoms with Crippen LogP contribution in [0, 0.1) is 5.92 Å². The fourth-order valence-electron chi connectivity index (χ4n) is 1.19. The van der Waals surface area contributed by atoms with Crippen molar-refractivity contribution in [3.8, 4) is 5.75 Å². The highest BCUT2D eigenvalue weighted by molar-refractivity contribution is 7.99. The van der Waals surface area contributed by atoms with E-state index in [-0.39, 0.29) is 5.92 Å². The van der Waals surface area contributed by atoms with Gasteiger partial charge in [-0.05, 0) is 18.6 Å². The Morgan fingerprint density at radius 3 is 2.80 bits per heavy atom. The number of ether oxygens (including phenoxy) is 1. The van der Waals surface area contributed by atoms with Crippen LogP contribution in [-0.2, 0) is 4.79 Å². The highest BCUT2D eigenvalue weighted by atomic mass is 32.2. The monoisotopic (exact) mass is 224 g/mol. The summed E-state index contributed by atoms with van der Waals surface area (Å²) in [6.07, 6.45) is 1.92. The van der Waals surface area contributed by atoms with Gasteiger partial charge in [-0.25, -0.2) is 0 Å². The first kappa shape index (κ1) is 12.1. The molecular weight excluding hydrogens is 208 g/mol. The average molecular weight is 224 g/mol. The van der Waals surface area contributed by atoms with Crippen molar-refractivity contribution in [3.05, 3.63) is 24.3 Å². The lowest BCUT2D eigenvalue weighted by atomic mass is 10.1. The standard InChI is InChI=1S/C12H16O2S/c1-3-10(8-13)9-15-12-7-5-4-6-11(12)14-2/h4-8,10H,3,9H2,1-2H3. The number of carbonyl (C=O) groups excluding carboxylic acids is 1. The number of aldehydes is 1. The molecule has 0 radical (unpaired) electrons. The number of thioether (sulfide) groups is 1. The highest BCUT2D eigenvalue weighted by Crippen LogP contribution is 2.30. The summed E-state index contributed by atoms with van der Waals surface area (Å²) in [6.45, 7) is 2.03. The van der Waals surface area contributed by atoms with Crippen LogP contribution in [-0.4, -0.2) is 19.1 Å². The van der Waals surface area contributed by atoms with Gasteiger partial charge in [0.25, 0.3) is 0 Å². The Morgan fingerprint density at radius 1 is 1.47 bits per heavy atom. The van der Waals surface area contributed by atoms with Gasteiger partial charge in [0.1, 0.15) is 12.0 Å². The minimum absolute atomic E-state index is 0.139. The molecule has 1 aromatic carbocycles.